The molecule has 1 unspecified atom stereocenters. The maximum absolute atomic E-state index is 13.1. The number of carbonyl (C=O) groups excluding carboxylic acids is 2. The van der Waals surface area contributed by atoms with E-state index in [1.165, 1.54) is 0 Å². The van der Waals surface area contributed by atoms with Crippen molar-refractivity contribution in [3.8, 4) is 5.75 Å². The third-order valence-electron chi connectivity index (χ3n) is 6.25. The lowest BCUT2D eigenvalue weighted by Gasteiger charge is -2.29. The van der Waals surface area contributed by atoms with Gasteiger partial charge in [0.2, 0.25) is 0 Å². The number of aliphatic hydroxyl groups excluding tert-OH is 1. The predicted octanol–water partition coefficient (Wildman–Crippen LogP) is 3.15. The Morgan fingerprint density at radius 1 is 1.09 bits per heavy atom. The van der Waals surface area contributed by atoms with E-state index in [-0.39, 0.29) is 11.3 Å². The lowest BCUT2D eigenvalue weighted by molar-refractivity contribution is -0.140. The number of carbonyl (C=O) groups is 2. The summed E-state index contributed by atoms with van der Waals surface area (Å²) in [6.07, 6.45) is 0.720. The number of amides is 1. The van der Waals surface area contributed by atoms with Crippen LogP contribution < -0.4 is 4.74 Å². The molecule has 2 heterocycles. The van der Waals surface area contributed by atoms with Gasteiger partial charge < -0.3 is 19.5 Å². The van der Waals surface area contributed by atoms with E-state index < -0.39 is 17.7 Å². The average molecular weight is 451 g/mol. The molecule has 0 radical (unpaired) electrons. The molecule has 2 aromatic rings. The van der Waals surface area contributed by atoms with E-state index in [1.807, 2.05) is 43.3 Å². The summed E-state index contributed by atoms with van der Waals surface area (Å²) in [5, 5.41) is 11.1. The minimum atomic E-state index is -0.675. The Morgan fingerprint density at radius 3 is 2.52 bits per heavy atom. The molecular weight excluding hydrogens is 420 g/mol. The lowest BCUT2D eigenvalue weighted by atomic mass is 9.95. The number of benzene rings is 2. The molecule has 1 atom stereocenters. The minimum Gasteiger partial charge on any atom is -0.507 e. The first-order chi connectivity index (χ1) is 16.0. The summed E-state index contributed by atoms with van der Waals surface area (Å²) in [5.74, 6) is -0.774. The third kappa shape index (κ3) is 4.94. The van der Waals surface area contributed by atoms with Gasteiger partial charge in [0, 0.05) is 31.7 Å². The van der Waals surface area contributed by atoms with Gasteiger partial charge in [0.05, 0.1) is 31.9 Å². The standard InChI is InChI=1S/C26H30N2O5/c1-18-7-9-19(10-8-18)24(29)22-23(20-5-3-6-21(17-20)32-2)28(26(31)25(22)30)12-4-11-27-13-15-33-16-14-27/h3,5-10,17,23,29H,4,11-16H2,1-2H3/b24-22+. The van der Waals surface area contributed by atoms with Gasteiger partial charge in [0.25, 0.3) is 11.7 Å². The van der Waals surface area contributed by atoms with Crippen molar-refractivity contribution < 1.29 is 24.2 Å². The number of morpholine rings is 1. The molecule has 174 valence electrons. The van der Waals surface area contributed by atoms with Crippen LogP contribution in [0.15, 0.2) is 54.1 Å². The summed E-state index contributed by atoms with van der Waals surface area (Å²) in [5.41, 5.74) is 2.40. The summed E-state index contributed by atoms with van der Waals surface area (Å²) >= 11 is 0. The quantitative estimate of drug-likeness (QED) is 0.397. The van der Waals surface area contributed by atoms with Crippen molar-refractivity contribution in [3.63, 3.8) is 0 Å². The fourth-order valence-electron chi connectivity index (χ4n) is 4.43. The van der Waals surface area contributed by atoms with E-state index in [4.69, 9.17) is 9.47 Å². The van der Waals surface area contributed by atoms with Crippen molar-refractivity contribution in [1.29, 1.82) is 0 Å². The number of aliphatic hydroxyl groups is 1. The van der Waals surface area contributed by atoms with Crippen molar-refractivity contribution in [1.82, 2.24) is 9.80 Å². The third-order valence-corrected chi connectivity index (χ3v) is 6.25. The molecule has 2 saturated heterocycles. The summed E-state index contributed by atoms with van der Waals surface area (Å²) in [6, 6.07) is 13.9. The SMILES string of the molecule is COc1cccc(C2/C(=C(\O)c3ccc(C)cc3)C(=O)C(=O)N2CCCN2CCOCC2)c1. The molecule has 0 saturated carbocycles. The number of nitrogens with zero attached hydrogens (tertiary/aromatic N) is 2. The maximum atomic E-state index is 13.1. The summed E-state index contributed by atoms with van der Waals surface area (Å²) in [4.78, 5) is 30.1. The molecular formula is C26H30N2O5. The second-order valence-electron chi connectivity index (χ2n) is 8.44. The Bertz CT molecular complexity index is 1040. The number of methoxy groups -OCH3 is 1. The highest BCUT2D eigenvalue weighted by atomic mass is 16.5. The zero-order valence-electron chi connectivity index (χ0n) is 19.1. The summed E-state index contributed by atoms with van der Waals surface area (Å²) in [6.45, 7) is 6.34. The van der Waals surface area contributed by atoms with E-state index in [0.29, 0.717) is 31.1 Å². The van der Waals surface area contributed by atoms with Crippen LogP contribution in [0.1, 0.15) is 29.2 Å². The second-order valence-corrected chi connectivity index (χ2v) is 8.44. The van der Waals surface area contributed by atoms with Crippen molar-refractivity contribution in [2.75, 3.05) is 46.5 Å². The van der Waals surface area contributed by atoms with Crippen LogP contribution in [0.4, 0.5) is 0 Å². The smallest absolute Gasteiger partial charge is 0.295 e. The molecule has 7 nitrogen and oxygen atoms in total. The lowest BCUT2D eigenvalue weighted by Crippen LogP contribution is -2.38. The number of aryl methyl sites for hydroxylation is 1. The first-order valence-corrected chi connectivity index (χ1v) is 11.3. The Labute approximate surface area is 194 Å². The highest BCUT2D eigenvalue weighted by Crippen LogP contribution is 2.40. The minimum absolute atomic E-state index is 0.114. The van der Waals surface area contributed by atoms with Gasteiger partial charge in [-0.25, -0.2) is 0 Å². The van der Waals surface area contributed by atoms with E-state index in [9.17, 15) is 14.7 Å². The van der Waals surface area contributed by atoms with Crippen LogP contribution in [-0.4, -0.2) is 73.1 Å². The maximum Gasteiger partial charge on any atom is 0.295 e. The van der Waals surface area contributed by atoms with Crippen LogP contribution in [0.25, 0.3) is 5.76 Å². The highest BCUT2D eigenvalue weighted by molar-refractivity contribution is 6.46. The second kappa shape index (κ2) is 10.2. The van der Waals surface area contributed by atoms with Gasteiger partial charge in [0.15, 0.2) is 0 Å². The molecule has 0 spiro atoms. The predicted molar refractivity (Wildman–Crippen MR) is 125 cm³/mol. The van der Waals surface area contributed by atoms with Gasteiger partial charge in [-0.3, -0.25) is 14.5 Å². The van der Waals surface area contributed by atoms with Crippen molar-refractivity contribution >= 4 is 17.4 Å². The molecule has 2 fully saturated rings. The number of hydrogen-bond acceptors (Lipinski definition) is 6. The van der Waals surface area contributed by atoms with Crippen molar-refractivity contribution in [3.05, 3.63) is 70.8 Å². The van der Waals surface area contributed by atoms with Gasteiger partial charge in [0.1, 0.15) is 11.5 Å². The Hall–Kier alpha value is -3.16. The Balaban J connectivity index is 1.68. The number of ketones is 1. The normalized spacial score (nSPS) is 20.9. The highest BCUT2D eigenvalue weighted by Gasteiger charge is 2.45. The Morgan fingerprint density at radius 2 is 1.82 bits per heavy atom. The number of rotatable bonds is 7. The van der Waals surface area contributed by atoms with E-state index >= 15 is 0 Å². The largest absolute Gasteiger partial charge is 0.507 e. The van der Waals surface area contributed by atoms with Crippen LogP contribution in [0.5, 0.6) is 5.75 Å². The molecule has 0 aliphatic carbocycles. The topological polar surface area (TPSA) is 79.3 Å². The van der Waals surface area contributed by atoms with Gasteiger partial charge in [-0.05, 0) is 31.0 Å². The number of hydrogen-bond donors (Lipinski definition) is 1. The first kappa shape index (κ1) is 23.0. The molecule has 0 bridgehead atoms. The Kier molecular flexibility index (Phi) is 7.11. The molecule has 2 aliphatic heterocycles. The van der Waals surface area contributed by atoms with Crippen molar-refractivity contribution in [2.45, 2.75) is 19.4 Å². The van der Waals surface area contributed by atoms with E-state index in [0.717, 1.165) is 37.2 Å². The van der Waals surface area contributed by atoms with Crippen molar-refractivity contribution in [2.24, 2.45) is 0 Å². The molecule has 1 N–H and O–H groups in total. The molecule has 2 aromatic carbocycles. The van der Waals surface area contributed by atoms with Gasteiger partial charge in [-0.2, -0.15) is 0 Å². The molecule has 7 heteroatoms. The first-order valence-electron chi connectivity index (χ1n) is 11.3. The van der Waals surface area contributed by atoms with Crippen LogP contribution in [-0.2, 0) is 14.3 Å². The van der Waals surface area contributed by atoms with Crippen LogP contribution >= 0.6 is 0 Å². The van der Waals surface area contributed by atoms with Gasteiger partial charge >= 0.3 is 0 Å². The molecule has 1 amide bonds. The fourth-order valence-corrected chi connectivity index (χ4v) is 4.43. The number of Topliss-reactive ketones (excluding diaryl/α,β-unsaturated/α-hetero) is 1. The van der Waals surface area contributed by atoms with E-state index in [1.54, 1.807) is 24.1 Å². The monoisotopic (exact) mass is 450 g/mol. The molecule has 2 aliphatic rings. The van der Waals surface area contributed by atoms with Crippen LogP contribution in [0, 0.1) is 6.92 Å². The van der Waals surface area contributed by atoms with Gasteiger partial charge in [-0.15, -0.1) is 0 Å². The molecule has 4 rings (SSSR count). The molecule has 0 aromatic heterocycles. The number of ether oxygens (including phenoxy) is 2. The average Bonchev–Trinajstić information content (AvgIpc) is 3.10. The fraction of sp³-hybridized carbons (Fsp3) is 0.385. The summed E-state index contributed by atoms with van der Waals surface area (Å²) in [7, 11) is 1.57. The zero-order valence-corrected chi connectivity index (χ0v) is 19.1. The van der Waals surface area contributed by atoms with Gasteiger partial charge in [-0.1, -0.05) is 42.0 Å². The zero-order chi connectivity index (χ0) is 23.4. The van der Waals surface area contributed by atoms with E-state index in [2.05, 4.69) is 4.90 Å². The summed E-state index contributed by atoms with van der Waals surface area (Å²) < 4.78 is 10.8. The van der Waals surface area contributed by atoms with Crippen LogP contribution in [0.3, 0.4) is 0 Å². The molecule has 33 heavy (non-hydrogen) atoms. The number of likely N-dealkylation sites (tertiary alicyclic amines) is 1. The van der Waals surface area contributed by atoms with Crippen LogP contribution in [0.2, 0.25) is 0 Å².